The van der Waals surface area contributed by atoms with Crippen molar-refractivity contribution in [1.82, 2.24) is 10.2 Å². The maximum atomic E-state index is 11.5. The van der Waals surface area contributed by atoms with Crippen LogP contribution in [0.5, 0.6) is 0 Å². The number of nitrogens with zero attached hydrogens (tertiary/aromatic N) is 1. The minimum Gasteiger partial charge on any atom is -0.344 e. The summed E-state index contributed by atoms with van der Waals surface area (Å²) in [5, 5.41) is 3.44. The molecule has 1 unspecified atom stereocenters. The molecule has 3 atom stereocenters. The molecule has 0 spiro atoms. The van der Waals surface area contributed by atoms with Gasteiger partial charge < -0.3 is 10.2 Å². The highest BCUT2D eigenvalue weighted by Crippen LogP contribution is 2.34. The summed E-state index contributed by atoms with van der Waals surface area (Å²) in [4.78, 5) is 13.3. The van der Waals surface area contributed by atoms with Crippen LogP contribution in [0.15, 0.2) is 0 Å². The second-order valence-corrected chi connectivity index (χ2v) is 4.28. The molecule has 1 N–H and O–H groups in total. The summed E-state index contributed by atoms with van der Waals surface area (Å²) in [5.41, 5.74) is 0. The Hall–Kier alpha value is -0.570. The van der Waals surface area contributed by atoms with Gasteiger partial charge in [0, 0.05) is 19.6 Å². The van der Waals surface area contributed by atoms with Crippen molar-refractivity contribution >= 4 is 5.91 Å². The van der Waals surface area contributed by atoms with Crippen molar-refractivity contribution in [3.05, 3.63) is 0 Å². The minimum atomic E-state index is 0.117. The molecule has 3 nitrogen and oxygen atoms in total. The Morgan fingerprint density at radius 2 is 2.38 bits per heavy atom. The molecular formula is C10H18N2O. The van der Waals surface area contributed by atoms with Gasteiger partial charge in [-0.15, -0.1) is 0 Å². The van der Waals surface area contributed by atoms with Crippen molar-refractivity contribution in [3.63, 3.8) is 0 Å². The van der Waals surface area contributed by atoms with E-state index in [-0.39, 0.29) is 11.9 Å². The molecular weight excluding hydrogens is 164 g/mol. The summed E-state index contributed by atoms with van der Waals surface area (Å²) >= 11 is 0. The lowest BCUT2D eigenvalue weighted by Crippen LogP contribution is -2.38. The Balaban J connectivity index is 1.80. The van der Waals surface area contributed by atoms with Crippen molar-refractivity contribution in [2.75, 3.05) is 13.6 Å². The molecule has 0 bridgehead atoms. The predicted molar refractivity (Wildman–Crippen MR) is 51.4 cm³/mol. The monoisotopic (exact) mass is 182 g/mol. The molecule has 2 rings (SSSR count). The fraction of sp³-hybridized carbons (Fsp3) is 0.900. The zero-order valence-corrected chi connectivity index (χ0v) is 8.42. The average molecular weight is 182 g/mol. The van der Waals surface area contributed by atoms with Gasteiger partial charge in [-0.25, -0.2) is 0 Å². The summed E-state index contributed by atoms with van der Waals surface area (Å²) in [7, 11) is 1.88. The van der Waals surface area contributed by atoms with E-state index < -0.39 is 0 Å². The van der Waals surface area contributed by atoms with Crippen LogP contribution in [-0.2, 0) is 4.79 Å². The van der Waals surface area contributed by atoms with E-state index in [1.807, 2.05) is 11.9 Å². The lowest BCUT2D eigenvalue weighted by atomic mass is 10.2. The van der Waals surface area contributed by atoms with Gasteiger partial charge in [0.2, 0.25) is 5.91 Å². The molecule has 1 amide bonds. The van der Waals surface area contributed by atoms with Gasteiger partial charge in [0.15, 0.2) is 0 Å². The van der Waals surface area contributed by atoms with E-state index in [0.717, 1.165) is 18.9 Å². The zero-order valence-electron chi connectivity index (χ0n) is 8.42. The van der Waals surface area contributed by atoms with E-state index in [0.29, 0.717) is 6.04 Å². The van der Waals surface area contributed by atoms with Gasteiger partial charge in [0.1, 0.15) is 0 Å². The molecule has 1 aliphatic carbocycles. The van der Waals surface area contributed by atoms with E-state index in [1.165, 1.54) is 12.8 Å². The number of hydrogen-bond acceptors (Lipinski definition) is 2. The van der Waals surface area contributed by atoms with Crippen LogP contribution in [-0.4, -0.2) is 36.5 Å². The second kappa shape index (κ2) is 3.29. The first kappa shape index (κ1) is 9.00. The van der Waals surface area contributed by atoms with Gasteiger partial charge in [-0.05, 0) is 18.8 Å². The van der Waals surface area contributed by atoms with Gasteiger partial charge in [-0.2, -0.15) is 0 Å². The zero-order chi connectivity index (χ0) is 9.42. The predicted octanol–water partition coefficient (Wildman–Crippen LogP) is 0.605. The topological polar surface area (TPSA) is 32.3 Å². The quantitative estimate of drug-likeness (QED) is 0.693. The number of likely N-dealkylation sites (tertiary alicyclic amines) is 1. The van der Waals surface area contributed by atoms with Gasteiger partial charge in [-0.3, -0.25) is 4.79 Å². The highest BCUT2D eigenvalue weighted by molar-refractivity contribution is 5.83. The summed E-state index contributed by atoms with van der Waals surface area (Å²) < 4.78 is 0. The number of amides is 1. The normalized spacial score (nSPS) is 38.5. The number of hydrogen-bond donors (Lipinski definition) is 1. The van der Waals surface area contributed by atoms with Crippen LogP contribution in [0, 0.1) is 5.92 Å². The molecule has 1 aliphatic heterocycles. The standard InChI is InChI=1S/C10H18N2O/c1-3-7-6-9(7)11-8-4-5-12(2)10(8)13/h7-9,11H,3-6H2,1-2H3/t7-,8?,9-/m1/s1. The van der Waals surface area contributed by atoms with Crippen molar-refractivity contribution in [1.29, 1.82) is 0 Å². The SMILES string of the molecule is CC[C@@H]1C[C@H]1NC1CCN(C)C1=O. The van der Waals surface area contributed by atoms with Crippen molar-refractivity contribution in [3.8, 4) is 0 Å². The maximum absolute atomic E-state index is 11.5. The minimum absolute atomic E-state index is 0.117. The number of carbonyl (C=O) groups is 1. The first-order chi connectivity index (χ1) is 6.22. The lowest BCUT2D eigenvalue weighted by molar-refractivity contribution is -0.128. The molecule has 1 saturated heterocycles. The number of likely N-dealkylation sites (N-methyl/N-ethyl adjacent to an activating group) is 1. The molecule has 3 heteroatoms. The third kappa shape index (κ3) is 1.70. The molecule has 13 heavy (non-hydrogen) atoms. The third-order valence-corrected chi connectivity index (χ3v) is 3.29. The molecule has 0 radical (unpaired) electrons. The lowest BCUT2D eigenvalue weighted by Gasteiger charge is -2.11. The molecule has 0 aromatic heterocycles. The van der Waals surface area contributed by atoms with Crippen LogP contribution in [0.4, 0.5) is 0 Å². The summed E-state index contributed by atoms with van der Waals surface area (Å²) in [5.74, 6) is 1.11. The molecule has 2 aliphatic rings. The van der Waals surface area contributed by atoms with E-state index in [1.54, 1.807) is 0 Å². The van der Waals surface area contributed by atoms with E-state index >= 15 is 0 Å². The van der Waals surface area contributed by atoms with Crippen LogP contribution < -0.4 is 5.32 Å². The maximum Gasteiger partial charge on any atom is 0.239 e. The average Bonchev–Trinajstić information content (AvgIpc) is 2.81. The number of rotatable bonds is 3. The van der Waals surface area contributed by atoms with Crippen LogP contribution in [0.25, 0.3) is 0 Å². The van der Waals surface area contributed by atoms with Crippen LogP contribution in [0.2, 0.25) is 0 Å². The van der Waals surface area contributed by atoms with Crippen LogP contribution in [0.3, 0.4) is 0 Å². The Kier molecular flexibility index (Phi) is 2.28. The van der Waals surface area contributed by atoms with Gasteiger partial charge in [0.25, 0.3) is 0 Å². The largest absolute Gasteiger partial charge is 0.344 e. The van der Waals surface area contributed by atoms with E-state index in [2.05, 4.69) is 12.2 Å². The van der Waals surface area contributed by atoms with Gasteiger partial charge in [-0.1, -0.05) is 13.3 Å². The molecule has 0 aromatic rings. The van der Waals surface area contributed by atoms with Crippen LogP contribution >= 0.6 is 0 Å². The second-order valence-electron chi connectivity index (χ2n) is 4.28. The summed E-state index contributed by atoms with van der Waals surface area (Å²) in [6.45, 7) is 3.13. The first-order valence-corrected chi connectivity index (χ1v) is 5.23. The Labute approximate surface area is 79.5 Å². The highest BCUT2D eigenvalue weighted by atomic mass is 16.2. The van der Waals surface area contributed by atoms with Gasteiger partial charge in [0.05, 0.1) is 6.04 Å². The fourth-order valence-electron chi connectivity index (χ4n) is 2.14. The smallest absolute Gasteiger partial charge is 0.239 e. The van der Waals surface area contributed by atoms with Crippen molar-refractivity contribution in [2.45, 2.75) is 38.3 Å². The van der Waals surface area contributed by atoms with Crippen LogP contribution in [0.1, 0.15) is 26.2 Å². The van der Waals surface area contributed by atoms with Gasteiger partial charge >= 0.3 is 0 Å². The Morgan fingerprint density at radius 3 is 2.85 bits per heavy atom. The van der Waals surface area contributed by atoms with E-state index in [9.17, 15) is 4.79 Å². The summed E-state index contributed by atoms with van der Waals surface area (Å²) in [6.07, 6.45) is 3.50. The van der Waals surface area contributed by atoms with Crippen molar-refractivity contribution in [2.24, 2.45) is 5.92 Å². The van der Waals surface area contributed by atoms with E-state index in [4.69, 9.17) is 0 Å². The fourth-order valence-corrected chi connectivity index (χ4v) is 2.14. The third-order valence-electron chi connectivity index (χ3n) is 3.29. The Morgan fingerprint density at radius 1 is 1.62 bits per heavy atom. The first-order valence-electron chi connectivity index (χ1n) is 5.23. The molecule has 74 valence electrons. The highest BCUT2D eigenvalue weighted by Gasteiger charge is 2.40. The Bertz CT molecular complexity index is 217. The number of carbonyl (C=O) groups excluding carboxylic acids is 1. The summed E-state index contributed by atoms with van der Waals surface area (Å²) in [6, 6.07) is 0.747. The molecule has 2 fully saturated rings. The molecule has 0 aromatic carbocycles. The van der Waals surface area contributed by atoms with Crippen molar-refractivity contribution < 1.29 is 4.79 Å². The molecule has 1 heterocycles. The number of nitrogens with one attached hydrogen (secondary N) is 1. The molecule has 1 saturated carbocycles.